The summed E-state index contributed by atoms with van der Waals surface area (Å²) in [5.74, 6) is 0.272. The molecule has 0 aliphatic rings. The number of carbonyl (C=O) groups is 1. The van der Waals surface area contributed by atoms with E-state index in [9.17, 15) is 4.79 Å². The Balaban J connectivity index is 2.41. The standard InChI is InChI=1S/C11H16N2O4/c1-15-5-6-17-11-4-3-9(7-12-11)13-10(14)8-16-2/h3-4,7H,5-6,8H2,1-2H3,(H,13,14). The summed E-state index contributed by atoms with van der Waals surface area (Å²) in [6.07, 6.45) is 1.52. The topological polar surface area (TPSA) is 69.7 Å². The second-order valence-corrected chi connectivity index (χ2v) is 3.21. The molecule has 0 saturated heterocycles. The molecule has 1 N–H and O–H groups in total. The average molecular weight is 240 g/mol. The van der Waals surface area contributed by atoms with Crippen molar-refractivity contribution < 1.29 is 19.0 Å². The molecule has 0 saturated carbocycles. The fraction of sp³-hybridized carbons (Fsp3) is 0.455. The number of nitrogens with one attached hydrogen (secondary N) is 1. The highest BCUT2D eigenvalue weighted by Crippen LogP contribution is 2.11. The lowest BCUT2D eigenvalue weighted by Gasteiger charge is -2.06. The van der Waals surface area contributed by atoms with Gasteiger partial charge in [0, 0.05) is 20.3 Å². The molecule has 1 heterocycles. The van der Waals surface area contributed by atoms with Gasteiger partial charge >= 0.3 is 0 Å². The molecule has 0 spiro atoms. The van der Waals surface area contributed by atoms with E-state index in [-0.39, 0.29) is 12.5 Å². The molecule has 94 valence electrons. The number of carbonyl (C=O) groups excluding carboxylic acids is 1. The summed E-state index contributed by atoms with van der Waals surface area (Å²) in [4.78, 5) is 15.2. The van der Waals surface area contributed by atoms with Crippen LogP contribution >= 0.6 is 0 Å². The molecule has 1 aromatic rings. The summed E-state index contributed by atoms with van der Waals surface area (Å²) in [6, 6.07) is 3.39. The van der Waals surface area contributed by atoms with Gasteiger partial charge in [-0.15, -0.1) is 0 Å². The van der Waals surface area contributed by atoms with Gasteiger partial charge in [0.1, 0.15) is 13.2 Å². The highest BCUT2D eigenvalue weighted by atomic mass is 16.5. The Labute approximate surface area is 99.9 Å². The first-order chi connectivity index (χ1) is 8.26. The van der Waals surface area contributed by atoms with E-state index >= 15 is 0 Å². The van der Waals surface area contributed by atoms with Crippen molar-refractivity contribution in [3.63, 3.8) is 0 Å². The van der Waals surface area contributed by atoms with Gasteiger partial charge in [-0.05, 0) is 6.07 Å². The first-order valence-electron chi connectivity index (χ1n) is 5.13. The SMILES string of the molecule is COCCOc1ccc(NC(=O)COC)cn1. The van der Waals surface area contributed by atoms with E-state index in [2.05, 4.69) is 10.3 Å². The zero-order chi connectivity index (χ0) is 12.5. The zero-order valence-corrected chi connectivity index (χ0v) is 9.93. The Hall–Kier alpha value is -1.66. The predicted octanol–water partition coefficient (Wildman–Crippen LogP) is 0.692. The molecule has 17 heavy (non-hydrogen) atoms. The molecular weight excluding hydrogens is 224 g/mol. The predicted molar refractivity (Wildman–Crippen MR) is 62.1 cm³/mol. The van der Waals surface area contributed by atoms with Crippen LogP contribution in [0, 0.1) is 0 Å². The van der Waals surface area contributed by atoms with E-state index in [1.165, 1.54) is 13.3 Å². The van der Waals surface area contributed by atoms with Crippen LogP contribution in [0.4, 0.5) is 5.69 Å². The quantitative estimate of drug-likeness (QED) is 0.710. The summed E-state index contributed by atoms with van der Waals surface area (Å²) in [6.45, 7) is 0.971. The number of hydrogen-bond acceptors (Lipinski definition) is 5. The van der Waals surface area contributed by atoms with Crippen LogP contribution in [0.2, 0.25) is 0 Å². The third kappa shape index (κ3) is 5.28. The third-order valence-corrected chi connectivity index (χ3v) is 1.83. The molecule has 6 heteroatoms. The van der Waals surface area contributed by atoms with E-state index in [1.807, 2.05) is 0 Å². The first-order valence-corrected chi connectivity index (χ1v) is 5.13. The Morgan fingerprint density at radius 1 is 1.29 bits per heavy atom. The summed E-state index contributed by atoms with van der Waals surface area (Å²) in [7, 11) is 3.07. The lowest BCUT2D eigenvalue weighted by Crippen LogP contribution is -2.17. The van der Waals surface area contributed by atoms with Crippen LogP contribution in [0.5, 0.6) is 5.88 Å². The minimum absolute atomic E-state index is 0.0199. The fourth-order valence-corrected chi connectivity index (χ4v) is 1.10. The van der Waals surface area contributed by atoms with E-state index in [0.717, 1.165) is 0 Å². The van der Waals surface area contributed by atoms with Crippen LogP contribution in [0.25, 0.3) is 0 Å². The van der Waals surface area contributed by atoms with E-state index < -0.39 is 0 Å². The molecule has 0 bridgehead atoms. The second-order valence-electron chi connectivity index (χ2n) is 3.21. The first kappa shape index (κ1) is 13.4. The van der Waals surface area contributed by atoms with Crippen LogP contribution < -0.4 is 10.1 Å². The number of aromatic nitrogens is 1. The van der Waals surface area contributed by atoms with Crippen molar-refractivity contribution in [1.29, 1.82) is 0 Å². The van der Waals surface area contributed by atoms with Crippen molar-refractivity contribution in [2.75, 3.05) is 39.4 Å². The van der Waals surface area contributed by atoms with Gasteiger partial charge in [-0.1, -0.05) is 0 Å². The van der Waals surface area contributed by atoms with Crippen LogP contribution in [0.15, 0.2) is 18.3 Å². The van der Waals surface area contributed by atoms with Crippen molar-refractivity contribution in [3.05, 3.63) is 18.3 Å². The van der Waals surface area contributed by atoms with Crippen molar-refractivity contribution in [3.8, 4) is 5.88 Å². The van der Waals surface area contributed by atoms with Crippen LogP contribution in [-0.4, -0.2) is 44.9 Å². The van der Waals surface area contributed by atoms with Crippen molar-refractivity contribution in [2.24, 2.45) is 0 Å². The maximum Gasteiger partial charge on any atom is 0.250 e. The maximum atomic E-state index is 11.2. The minimum atomic E-state index is -0.220. The summed E-state index contributed by atoms with van der Waals surface area (Å²) in [5, 5.41) is 2.63. The van der Waals surface area contributed by atoms with Crippen LogP contribution in [-0.2, 0) is 14.3 Å². The highest BCUT2D eigenvalue weighted by Gasteiger charge is 2.02. The number of pyridine rings is 1. The number of anilines is 1. The molecular formula is C11H16N2O4. The molecule has 0 fully saturated rings. The smallest absolute Gasteiger partial charge is 0.250 e. The Morgan fingerprint density at radius 2 is 2.12 bits per heavy atom. The molecule has 1 aromatic heterocycles. The molecule has 1 amide bonds. The van der Waals surface area contributed by atoms with E-state index in [1.54, 1.807) is 19.2 Å². The summed E-state index contributed by atoms with van der Waals surface area (Å²) >= 11 is 0. The van der Waals surface area contributed by atoms with Gasteiger partial charge in [-0.3, -0.25) is 4.79 Å². The Morgan fingerprint density at radius 3 is 2.71 bits per heavy atom. The van der Waals surface area contributed by atoms with Gasteiger partial charge in [0.25, 0.3) is 0 Å². The normalized spacial score (nSPS) is 10.0. The van der Waals surface area contributed by atoms with Gasteiger partial charge in [-0.2, -0.15) is 0 Å². The monoisotopic (exact) mass is 240 g/mol. The Bertz CT molecular complexity index is 340. The fourth-order valence-electron chi connectivity index (χ4n) is 1.10. The molecule has 0 aliphatic carbocycles. The third-order valence-electron chi connectivity index (χ3n) is 1.83. The van der Waals surface area contributed by atoms with Crippen molar-refractivity contribution >= 4 is 11.6 Å². The number of nitrogens with zero attached hydrogens (tertiary/aromatic N) is 1. The van der Waals surface area contributed by atoms with Gasteiger partial charge in [0.15, 0.2) is 0 Å². The van der Waals surface area contributed by atoms with Crippen molar-refractivity contribution in [1.82, 2.24) is 4.98 Å². The van der Waals surface area contributed by atoms with E-state index in [0.29, 0.717) is 24.8 Å². The lowest BCUT2D eigenvalue weighted by molar-refractivity contribution is -0.119. The highest BCUT2D eigenvalue weighted by molar-refractivity contribution is 5.91. The van der Waals surface area contributed by atoms with Gasteiger partial charge in [-0.25, -0.2) is 4.98 Å². The molecule has 0 aromatic carbocycles. The molecule has 0 aliphatic heterocycles. The van der Waals surface area contributed by atoms with Gasteiger partial charge in [0.05, 0.1) is 18.5 Å². The zero-order valence-electron chi connectivity index (χ0n) is 9.93. The molecule has 0 unspecified atom stereocenters. The second kappa shape index (κ2) is 7.59. The Kier molecular flexibility index (Phi) is 5.98. The number of amides is 1. The van der Waals surface area contributed by atoms with E-state index in [4.69, 9.17) is 14.2 Å². The average Bonchev–Trinajstić information content (AvgIpc) is 2.32. The number of hydrogen-bond donors (Lipinski definition) is 1. The largest absolute Gasteiger partial charge is 0.475 e. The number of methoxy groups -OCH3 is 2. The van der Waals surface area contributed by atoms with Gasteiger partial charge < -0.3 is 19.5 Å². The maximum absolute atomic E-state index is 11.2. The molecule has 6 nitrogen and oxygen atoms in total. The van der Waals surface area contributed by atoms with Crippen molar-refractivity contribution in [2.45, 2.75) is 0 Å². The summed E-state index contributed by atoms with van der Waals surface area (Å²) in [5.41, 5.74) is 0.603. The lowest BCUT2D eigenvalue weighted by atomic mass is 10.4. The summed E-state index contributed by atoms with van der Waals surface area (Å²) < 4.78 is 14.8. The van der Waals surface area contributed by atoms with Crippen LogP contribution in [0.1, 0.15) is 0 Å². The molecule has 0 radical (unpaired) electrons. The number of ether oxygens (including phenoxy) is 3. The number of rotatable bonds is 7. The molecule has 0 atom stereocenters. The molecule has 1 rings (SSSR count). The van der Waals surface area contributed by atoms with Crippen LogP contribution in [0.3, 0.4) is 0 Å². The van der Waals surface area contributed by atoms with Gasteiger partial charge in [0.2, 0.25) is 11.8 Å². The minimum Gasteiger partial charge on any atom is -0.475 e.